The van der Waals surface area contributed by atoms with Crippen molar-refractivity contribution in [2.45, 2.75) is 25.5 Å². The summed E-state index contributed by atoms with van der Waals surface area (Å²) < 4.78 is 11.2. The van der Waals surface area contributed by atoms with E-state index in [1.807, 2.05) is 25.1 Å². The van der Waals surface area contributed by atoms with E-state index in [-0.39, 0.29) is 11.2 Å². The quantitative estimate of drug-likeness (QED) is 0.868. The minimum Gasteiger partial charge on any atom is -0.493 e. The zero-order chi connectivity index (χ0) is 17.1. The third-order valence-corrected chi connectivity index (χ3v) is 5.12. The second-order valence-electron chi connectivity index (χ2n) is 5.61. The smallest absolute Gasteiger partial charge is 0.235 e. The summed E-state index contributed by atoms with van der Waals surface area (Å²) in [6.45, 7) is 4.68. The largest absolute Gasteiger partial charge is 0.493 e. The lowest BCUT2D eigenvalue weighted by atomic mass is 10.0. The number of nitrogens with one attached hydrogen (secondary N) is 2. The van der Waals surface area contributed by atoms with Gasteiger partial charge in [0, 0.05) is 11.3 Å². The molecule has 0 fully saturated rings. The highest BCUT2D eigenvalue weighted by molar-refractivity contribution is 8.00. The highest BCUT2D eigenvalue weighted by atomic mass is 32.2. The zero-order valence-corrected chi connectivity index (χ0v) is 14.8. The molecule has 0 bridgehead atoms. The van der Waals surface area contributed by atoms with Crippen LogP contribution in [0.2, 0.25) is 0 Å². The summed E-state index contributed by atoms with van der Waals surface area (Å²) in [4.78, 5) is 11.9. The number of hydrogen-bond donors (Lipinski definition) is 2. The first-order valence-corrected chi connectivity index (χ1v) is 8.96. The first-order valence-electron chi connectivity index (χ1n) is 7.91. The van der Waals surface area contributed by atoms with Gasteiger partial charge in [-0.25, -0.2) is 0 Å². The first-order chi connectivity index (χ1) is 11.6. The maximum Gasteiger partial charge on any atom is 0.235 e. The van der Waals surface area contributed by atoms with Crippen molar-refractivity contribution in [3.8, 4) is 11.5 Å². The van der Waals surface area contributed by atoms with Crippen LogP contribution in [0.15, 0.2) is 18.2 Å². The molecule has 2 heterocycles. The Morgan fingerprint density at radius 2 is 2.21 bits per heavy atom. The molecular formula is C17H21N3O3S. The van der Waals surface area contributed by atoms with Crippen LogP contribution in [0.3, 0.4) is 0 Å². The van der Waals surface area contributed by atoms with Crippen molar-refractivity contribution in [1.82, 2.24) is 10.2 Å². The molecule has 2 aromatic rings. The van der Waals surface area contributed by atoms with Gasteiger partial charge in [-0.3, -0.25) is 9.89 Å². The Labute approximate surface area is 145 Å². The van der Waals surface area contributed by atoms with Crippen LogP contribution >= 0.6 is 11.8 Å². The molecule has 1 aliphatic heterocycles. The van der Waals surface area contributed by atoms with E-state index in [2.05, 4.69) is 22.4 Å². The van der Waals surface area contributed by atoms with Crippen LogP contribution in [-0.4, -0.2) is 35.6 Å². The van der Waals surface area contributed by atoms with Gasteiger partial charge in [0.25, 0.3) is 0 Å². The van der Waals surface area contributed by atoms with Gasteiger partial charge in [0.05, 0.1) is 24.7 Å². The van der Waals surface area contributed by atoms with Gasteiger partial charge in [-0.05, 0) is 31.0 Å². The topological polar surface area (TPSA) is 76.2 Å². The van der Waals surface area contributed by atoms with Crippen molar-refractivity contribution < 1.29 is 14.3 Å². The number of aromatic nitrogens is 2. The number of thioether (sulfide) groups is 1. The number of carbonyl (C=O) groups is 1. The fraction of sp³-hybridized carbons (Fsp3) is 0.412. The van der Waals surface area contributed by atoms with Gasteiger partial charge in [0.1, 0.15) is 0 Å². The standard InChI is InChI=1S/C17H21N3O3S/c1-4-7-23-12-6-5-11(8-13(12)22-3)16-15-10(2)19-20-17(15)18-14(21)9-24-16/h5-6,8,16H,4,7,9H2,1-3H3,(H2,18,19,20,21)/t16-/m1/s1. The molecule has 1 aliphatic rings. The summed E-state index contributed by atoms with van der Waals surface area (Å²) in [5, 5.41) is 10.0. The number of aryl methyl sites for hydroxylation is 1. The molecule has 1 aromatic carbocycles. The Morgan fingerprint density at radius 3 is 2.96 bits per heavy atom. The maximum absolute atomic E-state index is 11.9. The highest BCUT2D eigenvalue weighted by Gasteiger charge is 2.28. The number of amides is 1. The second kappa shape index (κ2) is 7.17. The number of fused-ring (bicyclic) bond motifs is 1. The number of nitrogens with zero attached hydrogens (tertiary/aromatic N) is 1. The Kier molecular flexibility index (Phi) is 4.99. The Morgan fingerprint density at radius 1 is 1.38 bits per heavy atom. The van der Waals surface area contributed by atoms with E-state index in [1.165, 1.54) is 0 Å². The fourth-order valence-electron chi connectivity index (χ4n) is 2.71. The molecule has 0 spiro atoms. The number of anilines is 1. The van der Waals surface area contributed by atoms with E-state index in [4.69, 9.17) is 9.47 Å². The third kappa shape index (κ3) is 3.21. The van der Waals surface area contributed by atoms with Crippen LogP contribution in [0, 0.1) is 6.92 Å². The lowest BCUT2D eigenvalue weighted by molar-refractivity contribution is -0.113. The van der Waals surface area contributed by atoms with Gasteiger partial charge in [-0.2, -0.15) is 5.10 Å². The van der Waals surface area contributed by atoms with E-state index < -0.39 is 0 Å². The van der Waals surface area contributed by atoms with E-state index >= 15 is 0 Å². The van der Waals surface area contributed by atoms with Crippen molar-refractivity contribution >= 4 is 23.5 Å². The molecule has 128 valence electrons. The van der Waals surface area contributed by atoms with Crippen LogP contribution < -0.4 is 14.8 Å². The molecule has 1 aromatic heterocycles. The molecular weight excluding hydrogens is 326 g/mol. The number of hydrogen-bond acceptors (Lipinski definition) is 5. The van der Waals surface area contributed by atoms with E-state index in [0.717, 1.165) is 29.0 Å². The number of ether oxygens (including phenoxy) is 2. The first kappa shape index (κ1) is 16.7. The minimum absolute atomic E-state index is 0.00632. The third-order valence-electron chi connectivity index (χ3n) is 3.85. The summed E-state index contributed by atoms with van der Waals surface area (Å²) in [6.07, 6.45) is 0.939. The molecule has 0 radical (unpaired) electrons. The highest BCUT2D eigenvalue weighted by Crippen LogP contribution is 2.44. The SMILES string of the molecule is CCCOc1ccc([C@H]2SCC(=O)Nc3n[nH]c(C)c32)cc1OC. The van der Waals surface area contributed by atoms with Gasteiger partial charge >= 0.3 is 0 Å². The van der Waals surface area contributed by atoms with Crippen molar-refractivity contribution in [3.05, 3.63) is 35.0 Å². The summed E-state index contributed by atoms with van der Waals surface area (Å²) in [5.74, 6) is 2.40. The van der Waals surface area contributed by atoms with Crippen molar-refractivity contribution in [2.75, 3.05) is 24.8 Å². The summed E-state index contributed by atoms with van der Waals surface area (Å²) >= 11 is 1.58. The fourth-order valence-corrected chi connectivity index (χ4v) is 3.89. The van der Waals surface area contributed by atoms with Gasteiger partial charge < -0.3 is 14.8 Å². The summed E-state index contributed by atoms with van der Waals surface area (Å²) in [5.41, 5.74) is 3.02. The van der Waals surface area contributed by atoms with Gasteiger partial charge in [-0.15, -0.1) is 11.8 Å². The number of rotatable bonds is 5. The van der Waals surface area contributed by atoms with Crippen molar-refractivity contribution in [1.29, 1.82) is 0 Å². The monoisotopic (exact) mass is 347 g/mol. The van der Waals surface area contributed by atoms with Crippen LogP contribution in [0.25, 0.3) is 0 Å². The van der Waals surface area contributed by atoms with Crippen LogP contribution in [0.5, 0.6) is 11.5 Å². The van der Waals surface area contributed by atoms with Crippen LogP contribution in [0.4, 0.5) is 5.82 Å². The van der Waals surface area contributed by atoms with E-state index in [0.29, 0.717) is 23.9 Å². The molecule has 7 heteroatoms. The van der Waals surface area contributed by atoms with Gasteiger partial charge in [0.2, 0.25) is 5.91 Å². The van der Waals surface area contributed by atoms with E-state index in [1.54, 1.807) is 18.9 Å². The molecule has 1 amide bonds. The zero-order valence-electron chi connectivity index (χ0n) is 14.0. The average molecular weight is 347 g/mol. The maximum atomic E-state index is 11.9. The van der Waals surface area contributed by atoms with Crippen molar-refractivity contribution in [3.63, 3.8) is 0 Å². The molecule has 0 aliphatic carbocycles. The minimum atomic E-state index is -0.0369. The van der Waals surface area contributed by atoms with Gasteiger partial charge in [0.15, 0.2) is 17.3 Å². The molecule has 0 saturated heterocycles. The Balaban J connectivity index is 1.99. The summed E-state index contributed by atoms with van der Waals surface area (Å²) in [6, 6.07) is 5.94. The van der Waals surface area contributed by atoms with Crippen LogP contribution in [0.1, 0.15) is 35.4 Å². The molecule has 0 unspecified atom stereocenters. The molecule has 0 saturated carbocycles. The average Bonchev–Trinajstić information content (AvgIpc) is 2.84. The number of methoxy groups -OCH3 is 1. The predicted octanol–water partition coefficient (Wildman–Crippen LogP) is 3.29. The molecule has 24 heavy (non-hydrogen) atoms. The van der Waals surface area contributed by atoms with Gasteiger partial charge in [-0.1, -0.05) is 13.0 Å². The number of H-pyrrole nitrogens is 1. The molecule has 3 rings (SSSR count). The lowest BCUT2D eigenvalue weighted by Gasteiger charge is -2.18. The molecule has 1 atom stereocenters. The Hall–Kier alpha value is -2.15. The molecule has 2 N–H and O–H groups in total. The normalized spacial score (nSPS) is 17.0. The van der Waals surface area contributed by atoms with Crippen molar-refractivity contribution in [2.24, 2.45) is 0 Å². The number of aromatic amines is 1. The summed E-state index contributed by atoms with van der Waals surface area (Å²) in [7, 11) is 1.64. The predicted molar refractivity (Wildman–Crippen MR) is 95.0 cm³/mol. The number of benzene rings is 1. The second-order valence-corrected chi connectivity index (χ2v) is 6.70. The lowest BCUT2D eigenvalue weighted by Crippen LogP contribution is -2.12. The number of carbonyl (C=O) groups excluding carboxylic acids is 1. The Bertz CT molecular complexity index is 745. The molecule has 6 nitrogen and oxygen atoms in total. The van der Waals surface area contributed by atoms with E-state index in [9.17, 15) is 4.79 Å². The van der Waals surface area contributed by atoms with Crippen LogP contribution in [-0.2, 0) is 4.79 Å².